The van der Waals surface area contributed by atoms with Crippen LogP contribution in [-0.2, 0) is 4.74 Å². The van der Waals surface area contributed by atoms with Gasteiger partial charge in [0.15, 0.2) is 0 Å². The molecule has 0 saturated heterocycles. The second-order valence-electron chi connectivity index (χ2n) is 6.11. The zero-order valence-electron chi connectivity index (χ0n) is 12.5. The Morgan fingerprint density at radius 3 is 2.81 bits per heavy atom. The van der Waals surface area contributed by atoms with Crippen LogP contribution in [0.4, 0.5) is 4.79 Å². The SMILES string of the molecule is CC(C)(C)OC(=O)NC1CC=C(c2cc(Cl)cnn2)CC1. The summed E-state index contributed by atoms with van der Waals surface area (Å²) in [7, 11) is 0. The molecule has 0 aliphatic heterocycles. The van der Waals surface area contributed by atoms with Crippen LogP contribution in [-0.4, -0.2) is 27.9 Å². The maximum absolute atomic E-state index is 11.7. The van der Waals surface area contributed by atoms with Crippen LogP contribution in [0.25, 0.3) is 5.57 Å². The van der Waals surface area contributed by atoms with Crippen LogP contribution in [0.5, 0.6) is 0 Å². The van der Waals surface area contributed by atoms with Crippen molar-refractivity contribution in [3.05, 3.63) is 29.1 Å². The van der Waals surface area contributed by atoms with Gasteiger partial charge in [0.25, 0.3) is 0 Å². The molecule has 0 aromatic carbocycles. The molecule has 0 saturated carbocycles. The van der Waals surface area contributed by atoms with Gasteiger partial charge in [0, 0.05) is 6.04 Å². The summed E-state index contributed by atoms with van der Waals surface area (Å²) < 4.78 is 5.26. The molecule has 1 aliphatic carbocycles. The average Bonchev–Trinajstić information content (AvgIpc) is 2.37. The summed E-state index contributed by atoms with van der Waals surface area (Å²) in [4.78, 5) is 11.7. The molecule has 1 N–H and O–H groups in total. The third-order valence-corrected chi connectivity index (χ3v) is 3.29. The van der Waals surface area contributed by atoms with Gasteiger partial charge in [-0.3, -0.25) is 0 Å². The molecule has 0 bridgehead atoms. The van der Waals surface area contributed by atoms with Gasteiger partial charge >= 0.3 is 6.09 Å². The lowest BCUT2D eigenvalue weighted by molar-refractivity contribution is 0.0502. The van der Waals surface area contributed by atoms with Crippen LogP contribution in [0, 0.1) is 0 Å². The summed E-state index contributed by atoms with van der Waals surface area (Å²) in [6.45, 7) is 5.55. The predicted molar refractivity (Wildman–Crippen MR) is 82.0 cm³/mol. The molecular formula is C15H20ClN3O2. The summed E-state index contributed by atoms with van der Waals surface area (Å²) in [6.07, 6.45) is 5.65. The molecule has 1 atom stereocenters. The van der Waals surface area contributed by atoms with Crippen LogP contribution in [0.15, 0.2) is 18.3 Å². The van der Waals surface area contributed by atoms with Gasteiger partial charge in [-0.1, -0.05) is 17.7 Å². The number of alkyl carbamates (subject to hydrolysis) is 1. The van der Waals surface area contributed by atoms with Crippen molar-refractivity contribution in [2.75, 3.05) is 0 Å². The fourth-order valence-corrected chi connectivity index (χ4v) is 2.32. The van der Waals surface area contributed by atoms with Gasteiger partial charge < -0.3 is 10.1 Å². The highest BCUT2D eigenvalue weighted by Gasteiger charge is 2.21. The lowest BCUT2D eigenvalue weighted by Crippen LogP contribution is -2.39. The normalized spacial score (nSPS) is 18.9. The number of aromatic nitrogens is 2. The number of halogens is 1. The van der Waals surface area contributed by atoms with Crippen molar-refractivity contribution < 1.29 is 9.53 Å². The fourth-order valence-electron chi connectivity index (χ4n) is 2.17. The Labute approximate surface area is 129 Å². The van der Waals surface area contributed by atoms with Crippen molar-refractivity contribution in [2.24, 2.45) is 0 Å². The molecule has 0 spiro atoms. The van der Waals surface area contributed by atoms with Crippen molar-refractivity contribution in [2.45, 2.75) is 51.7 Å². The van der Waals surface area contributed by atoms with Crippen molar-refractivity contribution >= 4 is 23.3 Å². The maximum Gasteiger partial charge on any atom is 0.407 e. The van der Waals surface area contributed by atoms with Crippen LogP contribution >= 0.6 is 11.6 Å². The van der Waals surface area contributed by atoms with Crippen LogP contribution in [0.3, 0.4) is 0 Å². The standard InChI is InChI=1S/C15H20ClN3O2/c1-15(2,3)21-14(20)18-12-6-4-10(5-7-12)13-8-11(16)9-17-19-13/h4,8-9,12H,5-7H2,1-3H3,(H,18,20). The average molecular weight is 310 g/mol. The molecule has 5 nitrogen and oxygen atoms in total. The van der Waals surface area contributed by atoms with Gasteiger partial charge in [0.1, 0.15) is 5.60 Å². The summed E-state index contributed by atoms with van der Waals surface area (Å²) >= 11 is 5.92. The van der Waals surface area contributed by atoms with E-state index >= 15 is 0 Å². The summed E-state index contributed by atoms with van der Waals surface area (Å²) in [6, 6.07) is 1.90. The van der Waals surface area contributed by atoms with Crippen molar-refractivity contribution in [3.8, 4) is 0 Å². The van der Waals surface area contributed by atoms with E-state index in [1.807, 2.05) is 26.8 Å². The Kier molecular flexibility index (Phi) is 4.83. The van der Waals surface area contributed by atoms with Crippen LogP contribution in [0.2, 0.25) is 5.02 Å². The second-order valence-corrected chi connectivity index (χ2v) is 6.54. The third kappa shape index (κ3) is 5.01. The number of ether oxygens (including phenoxy) is 1. The third-order valence-electron chi connectivity index (χ3n) is 3.08. The molecule has 6 heteroatoms. The van der Waals surface area contributed by atoms with Crippen molar-refractivity contribution in [1.82, 2.24) is 15.5 Å². The van der Waals surface area contributed by atoms with E-state index in [-0.39, 0.29) is 12.1 Å². The monoisotopic (exact) mass is 309 g/mol. The minimum atomic E-state index is -0.476. The molecule has 1 aromatic heterocycles. The molecule has 1 unspecified atom stereocenters. The van der Waals surface area contributed by atoms with E-state index in [2.05, 4.69) is 21.6 Å². The van der Waals surface area contributed by atoms with Gasteiger partial charge in [-0.25, -0.2) is 4.79 Å². The molecule has 114 valence electrons. The van der Waals surface area contributed by atoms with E-state index in [1.165, 1.54) is 6.20 Å². The lowest BCUT2D eigenvalue weighted by Gasteiger charge is -2.25. The highest BCUT2D eigenvalue weighted by Crippen LogP contribution is 2.26. The first kappa shape index (κ1) is 15.8. The van der Waals surface area contributed by atoms with E-state index in [4.69, 9.17) is 16.3 Å². The van der Waals surface area contributed by atoms with Crippen LogP contribution in [0.1, 0.15) is 45.7 Å². The second kappa shape index (κ2) is 6.43. The number of carbonyl (C=O) groups is 1. The number of carbonyl (C=O) groups excluding carboxylic acids is 1. The van der Waals surface area contributed by atoms with Crippen molar-refractivity contribution in [1.29, 1.82) is 0 Å². The summed E-state index contributed by atoms with van der Waals surface area (Å²) in [5.74, 6) is 0. The molecule has 1 aromatic rings. The first-order valence-corrected chi connectivity index (χ1v) is 7.38. The Bertz CT molecular complexity index is 552. The first-order chi connectivity index (χ1) is 9.83. The minimum Gasteiger partial charge on any atom is -0.444 e. The molecule has 0 fully saturated rings. The molecule has 21 heavy (non-hydrogen) atoms. The highest BCUT2D eigenvalue weighted by molar-refractivity contribution is 6.30. The largest absolute Gasteiger partial charge is 0.444 e. The molecule has 1 amide bonds. The fraction of sp³-hybridized carbons (Fsp3) is 0.533. The molecule has 0 radical (unpaired) electrons. The zero-order chi connectivity index (χ0) is 15.5. The van der Waals surface area contributed by atoms with Gasteiger partial charge in [0.2, 0.25) is 0 Å². The number of nitrogens with zero attached hydrogens (tertiary/aromatic N) is 2. The Morgan fingerprint density at radius 1 is 1.48 bits per heavy atom. The summed E-state index contributed by atoms with van der Waals surface area (Å²) in [5, 5.41) is 11.4. The number of allylic oxidation sites excluding steroid dienone is 1. The van der Waals surface area contributed by atoms with Gasteiger partial charge in [-0.2, -0.15) is 10.2 Å². The predicted octanol–water partition coefficient (Wildman–Crippen LogP) is 3.59. The lowest BCUT2D eigenvalue weighted by atomic mass is 9.93. The molecule has 1 aliphatic rings. The number of hydrogen-bond acceptors (Lipinski definition) is 4. The topological polar surface area (TPSA) is 64.1 Å². The Morgan fingerprint density at radius 2 is 2.24 bits per heavy atom. The molecular weight excluding hydrogens is 290 g/mol. The van der Waals surface area contributed by atoms with Gasteiger partial charge in [-0.05, 0) is 51.7 Å². The quantitative estimate of drug-likeness (QED) is 0.906. The van der Waals surface area contributed by atoms with Crippen LogP contribution < -0.4 is 5.32 Å². The molecule has 2 rings (SSSR count). The number of hydrogen-bond donors (Lipinski definition) is 1. The van der Waals surface area contributed by atoms with Gasteiger partial charge in [-0.15, -0.1) is 0 Å². The number of amides is 1. The number of nitrogens with one attached hydrogen (secondary N) is 1. The van der Waals surface area contributed by atoms with E-state index in [9.17, 15) is 4.79 Å². The van der Waals surface area contributed by atoms with E-state index in [0.29, 0.717) is 5.02 Å². The molecule has 1 heterocycles. The maximum atomic E-state index is 11.7. The van der Waals surface area contributed by atoms with E-state index in [1.54, 1.807) is 0 Å². The highest BCUT2D eigenvalue weighted by atomic mass is 35.5. The van der Waals surface area contributed by atoms with E-state index < -0.39 is 5.60 Å². The smallest absolute Gasteiger partial charge is 0.407 e. The number of rotatable bonds is 2. The Balaban J connectivity index is 1.91. The van der Waals surface area contributed by atoms with E-state index in [0.717, 1.165) is 30.5 Å². The minimum absolute atomic E-state index is 0.0933. The first-order valence-electron chi connectivity index (χ1n) is 7.00. The zero-order valence-corrected chi connectivity index (χ0v) is 13.3. The van der Waals surface area contributed by atoms with Crippen molar-refractivity contribution in [3.63, 3.8) is 0 Å². The van der Waals surface area contributed by atoms with Gasteiger partial charge in [0.05, 0.1) is 16.9 Å². The summed E-state index contributed by atoms with van der Waals surface area (Å²) in [5.41, 5.74) is 1.45. The Hall–Kier alpha value is -1.62.